The van der Waals surface area contributed by atoms with Gasteiger partial charge in [-0.25, -0.2) is 0 Å². The van der Waals surface area contributed by atoms with Crippen molar-refractivity contribution >= 4 is 11.8 Å². The lowest BCUT2D eigenvalue weighted by Crippen LogP contribution is -2.54. The quantitative estimate of drug-likeness (QED) is 0.528. The molecular weight excluding hydrogens is 408 g/mol. The molecule has 1 unspecified atom stereocenters. The largest absolute Gasteiger partial charge is 0.350 e. The van der Waals surface area contributed by atoms with E-state index in [1.165, 1.54) is 0 Å². The highest BCUT2D eigenvalue weighted by Gasteiger charge is 2.32. The lowest BCUT2D eigenvalue weighted by atomic mass is 9.99. The number of benzene rings is 3. The summed E-state index contributed by atoms with van der Waals surface area (Å²) in [4.78, 5) is 28.9. The maximum atomic E-state index is 13.6. The molecule has 2 amide bonds. The summed E-state index contributed by atoms with van der Waals surface area (Å²) in [7, 11) is 0. The maximum Gasteiger partial charge on any atom is 0.243 e. The van der Waals surface area contributed by atoms with Crippen LogP contribution in [0.2, 0.25) is 0 Å². The first-order valence-electron chi connectivity index (χ1n) is 11.5. The zero-order valence-electron chi connectivity index (χ0n) is 20.0. The van der Waals surface area contributed by atoms with E-state index in [4.69, 9.17) is 0 Å². The van der Waals surface area contributed by atoms with Crippen molar-refractivity contribution in [2.75, 3.05) is 0 Å². The van der Waals surface area contributed by atoms with E-state index in [-0.39, 0.29) is 18.2 Å². The van der Waals surface area contributed by atoms with Gasteiger partial charge in [0.25, 0.3) is 0 Å². The average molecular weight is 443 g/mol. The van der Waals surface area contributed by atoms with Crippen LogP contribution in [0.5, 0.6) is 0 Å². The first-order valence-corrected chi connectivity index (χ1v) is 11.5. The van der Waals surface area contributed by atoms with E-state index in [1.54, 1.807) is 4.90 Å². The summed E-state index contributed by atoms with van der Waals surface area (Å²) in [6, 6.07) is 27.1. The summed E-state index contributed by atoms with van der Waals surface area (Å²) >= 11 is 0. The van der Waals surface area contributed by atoms with Gasteiger partial charge in [-0.1, -0.05) is 90.5 Å². The molecule has 33 heavy (non-hydrogen) atoms. The Hall–Kier alpha value is -3.40. The van der Waals surface area contributed by atoms with Crippen LogP contribution in [0.1, 0.15) is 43.0 Å². The molecule has 1 N–H and O–H groups in total. The van der Waals surface area contributed by atoms with Crippen molar-refractivity contribution in [3.63, 3.8) is 0 Å². The number of hydrogen-bond acceptors (Lipinski definition) is 2. The van der Waals surface area contributed by atoms with Gasteiger partial charge in [-0.15, -0.1) is 0 Å². The molecule has 1 atom stereocenters. The molecule has 0 saturated heterocycles. The summed E-state index contributed by atoms with van der Waals surface area (Å²) in [6.45, 7) is 8.28. The molecule has 0 fully saturated rings. The molecule has 0 heterocycles. The number of hydrogen-bond donors (Lipinski definition) is 1. The van der Waals surface area contributed by atoms with Gasteiger partial charge in [0.1, 0.15) is 6.04 Å². The number of rotatable bonds is 8. The number of amides is 2. The van der Waals surface area contributed by atoms with Crippen molar-refractivity contribution in [1.29, 1.82) is 0 Å². The van der Waals surface area contributed by atoms with Crippen LogP contribution in [0.15, 0.2) is 84.9 Å². The van der Waals surface area contributed by atoms with Gasteiger partial charge in [0, 0.05) is 18.5 Å². The minimum atomic E-state index is -0.621. The number of carbonyl (C=O) groups excluding carboxylic acids is 2. The molecule has 0 aromatic heterocycles. The first-order chi connectivity index (χ1) is 15.7. The average Bonchev–Trinajstić information content (AvgIpc) is 2.78. The normalized spacial score (nSPS) is 12.1. The molecule has 4 nitrogen and oxygen atoms in total. The Balaban J connectivity index is 1.96. The number of aryl methyl sites for hydroxylation is 1. The van der Waals surface area contributed by atoms with E-state index in [9.17, 15) is 9.59 Å². The fourth-order valence-corrected chi connectivity index (χ4v) is 3.77. The Labute approximate surface area is 197 Å². The Kier molecular flexibility index (Phi) is 8.05. The molecule has 3 rings (SSSR count). The molecule has 3 aromatic rings. The molecule has 0 bridgehead atoms. The van der Waals surface area contributed by atoms with Crippen LogP contribution in [0.4, 0.5) is 0 Å². The van der Waals surface area contributed by atoms with Gasteiger partial charge >= 0.3 is 0 Å². The van der Waals surface area contributed by atoms with Crippen LogP contribution in [0.25, 0.3) is 0 Å². The molecule has 172 valence electrons. The van der Waals surface area contributed by atoms with Crippen LogP contribution in [-0.2, 0) is 29.0 Å². The first kappa shape index (κ1) is 24.2. The van der Waals surface area contributed by atoms with Crippen LogP contribution in [0, 0.1) is 6.92 Å². The molecule has 4 heteroatoms. The van der Waals surface area contributed by atoms with Gasteiger partial charge in [0.05, 0.1) is 6.42 Å². The minimum absolute atomic E-state index is 0.0623. The van der Waals surface area contributed by atoms with Crippen LogP contribution < -0.4 is 5.32 Å². The molecule has 3 aromatic carbocycles. The molecule has 0 radical (unpaired) electrons. The smallest absolute Gasteiger partial charge is 0.243 e. The lowest BCUT2D eigenvalue weighted by molar-refractivity contribution is -0.141. The number of nitrogens with zero attached hydrogens (tertiary/aromatic N) is 1. The third-order valence-electron chi connectivity index (χ3n) is 5.44. The van der Waals surface area contributed by atoms with Crippen molar-refractivity contribution in [2.45, 2.75) is 58.7 Å². The van der Waals surface area contributed by atoms with E-state index < -0.39 is 11.6 Å². The Bertz CT molecular complexity index is 1040. The van der Waals surface area contributed by atoms with E-state index in [0.29, 0.717) is 13.0 Å². The van der Waals surface area contributed by atoms with Gasteiger partial charge in [-0.05, 0) is 44.4 Å². The standard InChI is InChI=1S/C29H34N2O2/c1-22-15-17-24(18-16-22)20-27(32)31(21-25-13-9-6-10-14-25)26(28(33)30-29(2,3)4)19-23-11-7-5-8-12-23/h5-18,26H,19-21H2,1-4H3,(H,30,33). The molecule has 0 aliphatic carbocycles. The van der Waals surface area contributed by atoms with E-state index in [2.05, 4.69) is 5.32 Å². The van der Waals surface area contributed by atoms with E-state index >= 15 is 0 Å². The van der Waals surface area contributed by atoms with Crippen molar-refractivity contribution < 1.29 is 9.59 Å². The molecular formula is C29H34N2O2. The summed E-state index contributed by atoms with van der Waals surface area (Å²) in [5.74, 6) is -0.202. The third-order valence-corrected chi connectivity index (χ3v) is 5.44. The Morgan fingerprint density at radius 2 is 1.33 bits per heavy atom. The molecule has 0 saturated carbocycles. The van der Waals surface area contributed by atoms with Gasteiger partial charge in [0.15, 0.2) is 0 Å². The van der Waals surface area contributed by atoms with E-state index in [0.717, 1.165) is 22.3 Å². The van der Waals surface area contributed by atoms with Crippen LogP contribution in [0.3, 0.4) is 0 Å². The second kappa shape index (κ2) is 11.0. The SMILES string of the molecule is Cc1ccc(CC(=O)N(Cc2ccccc2)C(Cc2ccccc2)C(=O)NC(C)(C)C)cc1. The van der Waals surface area contributed by atoms with Crippen LogP contribution in [-0.4, -0.2) is 28.3 Å². The predicted molar refractivity (Wildman–Crippen MR) is 134 cm³/mol. The van der Waals surface area contributed by atoms with Crippen LogP contribution >= 0.6 is 0 Å². The zero-order chi connectivity index (χ0) is 23.8. The van der Waals surface area contributed by atoms with Crippen molar-refractivity contribution in [2.24, 2.45) is 0 Å². The molecule has 0 aliphatic heterocycles. The highest BCUT2D eigenvalue weighted by Crippen LogP contribution is 2.18. The highest BCUT2D eigenvalue weighted by molar-refractivity contribution is 5.89. The van der Waals surface area contributed by atoms with Crippen molar-refractivity contribution in [3.05, 3.63) is 107 Å². The van der Waals surface area contributed by atoms with Crippen molar-refractivity contribution in [3.8, 4) is 0 Å². The molecule has 0 aliphatic rings. The Morgan fingerprint density at radius 1 is 0.788 bits per heavy atom. The second-order valence-corrected chi connectivity index (χ2v) is 9.61. The number of nitrogens with one attached hydrogen (secondary N) is 1. The summed E-state index contributed by atoms with van der Waals surface area (Å²) in [5.41, 5.74) is 3.71. The lowest BCUT2D eigenvalue weighted by Gasteiger charge is -2.34. The van der Waals surface area contributed by atoms with Gasteiger partial charge < -0.3 is 10.2 Å². The molecule has 0 spiro atoms. The zero-order valence-corrected chi connectivity index (χ0v) is 20.0. The number of carbonyl (C=O) groups is 2. The summed E-state index contributed by atoms with van der Waals surface area (Å²) < 4.78 is 0. The topological polar surface area (TPSA) is 49.4 Å². The Morgan fingerprint density at radius 3 is 1.88 bits per heavy atom. The van der Waals surface area contributed by atoms with Gasteiger partial charge in [-0.2, -0.15) is 0 Å². The monoisotopic (exact) mass is 442 g/mol. The predicted octanol–water partition coefficient (Wildman–Crippen LogP) is 5.09. The highest BCUT2D eigenvalue weighted by atomic mass is 16.2. The minimum Gasteiger partial charge on any atom is -0.350 e. The fraction of sp³-hybridized carbons (Fsp3) is 0.310. The van der Waals surface area contributed by atoms with E-state index in [1.807, 2.05) is 113 Å². The second-order valence-electron chi connectivity index (χ2n) is 9.61. The van der Waals surface area contributed by atoms with Gasteiger partial charge in [-0.3, -0.25) is 9.59 Å². The fourth-order valence-electron chi connectivity index (χ4n) is 3.77. The maximum absolute atomic E-state index is 13.6. The van der Waals surface area contributed by atoms with Crippen molar-refractivity contribution in [1.82, 2.24) is 10.2 Å². The summed E-state index contributed by atoms with van der Waals surface area (Å²) in [5, 5.41) is 3.10. The third kappa shape index (κ3) is 7.60. The summed E-state index contributed by atoms with van der Waals surface area (Å²) in [6.07, 6.45) is 0.705. The van der Waals surface area contributed by atoms with Gasteiger partial charge in [0.2, 0.25) is 11.8 Å².